The lowest BCUT2D eigenvalue weighted by molar-refractivity contribution is 0.0983. The average Bonchev–Trinajstić information content (AvgIpc) is 2.87. The molecule has 0 atom stereocenters. The lowest BCUT2D eigenvalue weighted by Crippen LogP contribution is -2.39. The maximum atomic E-state index is 12.4. The molecule has 112 valence electrons. The van der Waals surface area contributed by atoms with E-state index in [4.69, 9.17) is 16.3 Å². The molecule has 2 rings (SSSR count). The standard InChI is InChI=1S/C13H18ClNO3S2/c1-2-9-18-10-11-5-7-15(8-6-11)20(16,17)13-4-3-12(14)19-13/h2-4,11H,1,5-10H2. The average molecular weight is 336 g/mol. The Labute approximate surface area is 129 Å². The SMILES string of the molecule is C=CCOCC1CCN(S(=O)(=O)c2ccc(Cl)s2)CC1. The molecule has 7 heteroatoms. The number of piperidine rings is 1. The minimum absolute atomic E-state index is 0.323. The van der Waals surface area contributed by atoms with Crippen molar-refractivity contribution in [3.8, 4) is 0 Å². The van der Waals surface area contributed by atoms with Gasteiger partial charge in [0.25, 0.3) is 10.0 Å². The molecule has 1 aliphatic rings. The minimum Gasteiger partial charge on any atom is -0.377 e. The van der Waals surface area contributed by atoms with Gasteiger partial charge in [0.2, 0.25) is 0 Å². The number of hydrogen-bond donors (Lipinski definition) is 0. The van der Waals surface area contributed by atoms with Gasteiger partial charge in [-0.25, -0.2) is 8.42 Å². The van der Waals surface area contributed by atoms with Crippen LogP contribution in [0.25, 0.3) is 0 Å². The molecule has 1 aromatic heterocycles. The zero-order chi connectivity index (χ0) is 14.6. The zero-order valence-electron chi connectivity index (χ0n) is 11.1. The molecule has 4 nitrogen and oxygen atoms in total. The molecule has 0 aromatic carbocycles. The molecule has 1 aliphatic heterocycles. The molecule has 0 amide bonds. The molecule has 0 spiro atoms. The molecule has 0 N–H and O–H groups in total. The van der Waals surface area contributed by atoms with E-state index in [0.717, 1.165) is 24.2 Å². The minimum atomic E-state index is -3.38. The highest BCUT2D eigenvalue weighted by molar-refractivity contribution is 7.91. The van der Waals surface area contributed by atoms with Crippen molar-refractivity contribution >= 4 is 33.0 Å². The number of ether oxygens (including phenoxy) is 1. The van der Waals surface area contributed by atoms with Crippen LogP contribution in [0.2, 0.25) is 4.34 Å². The summed E-state index contributed by atoms with van der Waals surface area (Å²) in [5.74, 6) is 0.424. The van der Waals surface area contributed by atoms with Gasteiger partial charge in [0.15, 0.2) is 0 Å². The van der Waals surface area contributed by atoms with E-state index in [1.807, 2.05) is 0 Å². The molecule has 1 saturated heterocycles. The second-order valence-corrected chi connectivity index (χ2v) is 8.61. The number of thiophene rings is 1. The molecule has 20 heavy (non-hydrogen) atoms. The van der Waals surface area contributed by atoms with Gasteiger partial charge in [0.1, 0.15) is 4.21 Å². The number of hydrogen-bond acceptors (Lipinski definition) is 4. The topological polar surface area (TPSA) is 46.6 Å². The molecule has 0 unspecified atom stereocenters. The van der Waals surface area contributed by atoms with E-state index in [9.17, 15) is 8.42 Å². The maximum Gasteiger partial charge on any atom is 0.252 e. The van der Waals surface area contributed by atoms with Gasteiger partial charge in [-0.3, -0.25) is 0 Å². The lowest BCUT2D eigenvalue weighted by atomic mass is 9.99. The van der Waals surface area contributed by atoms with E-state index < -0.39 is 10.0 Å². The quantitative estimate of drug-likeness (QED) is 0.593. The summed E-state index contributed by atoms with van der Waals surface area (Å²) in [6.45, 7) is 5.90. The Morgan fingerprint density at radius 3 is 2.70 bits per heavy atom. The van der Waals surface area contributed by atoms with Crippen LogP contribution in [0.5, 0.6) is 0 Å². The van der Waals surface area contributed by atoms with Crippen LogP contribution in [-0.2, 0) is 14.8 Å². The zero-order valence-corrected chi connectivity index (χ0v) is 13.5. The summed E-state index contributed by atoms with van der Waals surface area (Å²) in [6.07, 6.45) is 3.38. The van der Waals surface area contributed by atoms with E-state index in [1.165, 1.54) is 0 Å². The van der Waals surface area contributed by atoms with Gasteiger partial charge in [0.05, 0.1) is 10.9 Å². The second-order valence-electron chi connectivity index (χ2n) is 4.73. The predicted molar refractivity (Wildman–Crippen MR) is 81.8 cm³/mol. The number of rotatable bonds is 6. The molecule has 2 heterocycles. The van der Waals surface area contributed by atoms with Crippen LogP contribution in [0.1, 0.15) is 12.8 Å². The smallest absolute Gasteiger partial charge is 0.252 e. The van der Waals surface area contributed by atoms with Crippen LogP contribution in [0.3, 0.4) is 0 Å². The summed E-state index contributed by atoms with van der Waals surface area (Å²) in [7, 11) is -3.38. The number of nitrogens with zero attached hydrogens (tertiary/aromatic N) is 1. The van der Waals surface area contributed by atoms with Crippen LogP contribution < -0.4 is 0 Å². The fourth-order valence-electron chi connectivity index (χ4n) is 2.20. The Bertz CT molecular complexity index is 548. The summed E-state index contributed by atoms with van der Waals surface area (Å²) in [5.41, 5.74) is 0. The van der Waals surface area contributed by atoms with Crippen LogP contribution in [0, 0.1) is 5.92 Å². The van der Waals surface area contributed by atoms with Crippen molar-refractivity contribution in [2.24, 2.45) is 5.92 Å². The van der Waals surface area contributed by atoms with Crippen LogP contribution in [0.15, 0.2) is 29.0 Å². The van der Waals surface area contributed by atoms with Crippen molar-refractivity contribution < 1.29 is 13.2 Å². The van der Waals surface area contributed by atoms with Crippen molar-refractivity contribution in [2.75, 3.05) is 26.3 Å². The van der Waals surface area contributed by atoms with Crippen molar-refractivity contribution in [1.29, 1.82) is 0 Å². The molecule has 0 radical (unpaired) electrons. The predicted octanol–water partition coefficient (Wildman–Crippen LogP) is 3.00. The first-order chi connectivity index (χ1) is 9.54. The van der Waals surface area contributed by atoms with Gasteiger partial charge in [-0.1, -0.05) is 17.7 Å². The Kier molecular flexibility index (Phi) is 5.63. The summed E-state index contributed by atoms with van der Waals surface area (Å²) in [6, 6.07) is 3.19. The fraction of sp³-hybridized carbons (Fsp3) is 0.538. The largest absolute Gasteiger partial charge is 0.377 e. The van der Waals surface area contributed by atoms with Crippen molar-refractivity contribution in [1.82, 2.24) is 4.31 Å². The van der Waals surface area contributed by atoms with Gasteiger partial charge in [-0.2, -0.15) is 4.31 Å². The molecule has 0 bridgehead atoms. The highest BCUT2D eigenvalue weighted by Crippen LogP contribution is 2.30. The number of halogens is 1. The normalized spacial score (nSPS) is 18.2. The summed E-state index contributed by atoms with van der Waals surface area (Å²) in [5, 5.41) is 0. The summed E-state index contributed by atoms with van der Waals surface area (Å²) in [4.78, 5) is 0. The maximum absolute atomic E-state index is 12.4. The van der Waals surface area contributed by atoms with Gasteiger partial charge in [-0.05, 0) is 30.9 Å². The first-order valence-corrected chi connectivity index (χ1v) is 9.11. The molecule has 0 saturated carbocycles. The van der Waals surface area contributed by atoms with E-state index in [2.05, 4.69) is 6.58 Å². The fourth-order valence-corrected chi connectivity index (χ4v) is 5.30. The van der Waals surface area contributed by atoms with Gasteiger partial charge in [-0.15, -0.1) is 17.9 Å². The molecular formula is C13H18ClNO3S2. The van der Waals surface area contributed by atoms with Gasteiger partial charge in [0, 0.05) is 19.7 Å². The third kappa shape index (κ3) is 3.83. The molecule has 0 aliphatic carbocycles. The molecule has 1 aromatic rings. The van der Waals surface area contributed by atoms with Crippen molar-refractivity contribution in [3.05, 3.63) is 29.1 Å². The monoisotopic (exact) mass is 335 g/mol. The first kappa shape index (κ1) is 16.0. The van der Waals surface area contributed by atoms with Crippen molar-refractivity contribution in [2.45, 2.75) is 17.1 Å². The van der Waals surface area contributed by atoms with Crippen LogP contribution in [-0.4, -0.2) is 39.0 Å². The molecular weight excluding hydrogens is 318 g/mol. The third-order valence-corrected chi connectivity index (χ3v) is 6.90. The molecule has 1 fully saturated rings. The van der Waals surface area contributed by atoms with Gasteiger partial charge >= 0.3 is 0 Å². The first-order valence-electron chi connectivity index (χ1n) is 6.48. The Morgan fingerprint density at radius 1 is 1.45 bits per heavy atom. The Hall–Kier alpha value is -0.400. The van der Waals surface area contributed by atoms with E-state index >= 15 is 0 Å². The highest BCUT2D eigenvalue weighted by atomic mass is 35.5. The third-order valence-electron chi connectivity index (χ3n) is 3.31. The highest BCUT2D eigenvalue weighted by Gasteiger charge is 2.30. The summed E-state index contributed by atoms with van der Waals surface area (Å²) >= 11 is 6.92. The Morgan fingerprint density at radius 2 is 2.15 bits per heavy atom. The van der Waals surface area contributed by atoms with Gasteiger partial charge < -0.3 is 4.74 Å². The second kappa shape index (κ2) is 7.04. The number of sulfonamides is 1. The van der Waals surface area contributed by atoms with Crippen LogP contribution in [0.4, 0.5) is 0 Å². The lowest BCUT2D eigenvalue weighted by Gasteiger charge is -2.30. The van der Waals surface area contributed by atoms with E-state index in [-0.39, 0.29) is 0 Å². The Balaban J connectivity index is 1.91. The van der Waals surface area contributed by atoms with E-state index in [0.29, 0.717) is 40.8 Å². The van der Waals surface area contributed by atoms with E-state index in [1.54, 1.807) is 22.5 Å². The summed E-state index contributed by atoms with van der Waals surface area (Å²) < 4.78 is 32.6. The van der Waals surface area contributed by atoms with Crippen LogP contribution >= 0.6 is 22.9 Å². The van der Waals surface area contributed by atoms with Crippen molar-refractivity contribution in [3.63, 3.8) is 0 Å².